The van der Waals surface area contributed by atoms with Gasteiger partial charge in [-0.15, -0.1) is 0 Å². The Morgan fingerprint density at radius 2 is 1.68 bits per heavy atom. The van der Waals surface area contributed by atoms with Crippen molar-refractivity contribution in [3.63, 3.8) is 0 Å². The van der Waals surface area contributed by atoms with Crippen LogP contribution in [-0.4, -0.2) is 75.9 Å². The lowest BCUT2D eigenvalue weighted by atomic mass is 9.33. The van der Waals surface area contributed by atoms with Crippen molar-refractivity contribution < 1.29 is 29.0 Å². The first-order valence-electron chi connectivity index (χ1n) is 22.3. The molecule has 4 fully saturated rings. The molecule has 0 aliphatic heterocycles. The Kier molecular flexibility index (Phi) is 11.2. The summed E-state index contributed by atoms with van der Waals surface area (Å²) < 4.78 is 15.3. The minimum Gasteiger partial charge on any atom is -0.481 e. The van der Waals surface area contributed by atoms with Crippen LogP contribution >= 0.6 is 11.6 Å². The number of halogens is 1. The Labute approximate surface area is 361 Å². The Morgan fingerprint density at radius 3 is 2.28 bits per heavy atom. The van der Waals surface area contributed by atoms with Crippen LogP contribution in [0.1, 0.15) is 132 Å². The molecule has 7 unspecified atom stereocenters. The van der Waals surface area contributed by atoms with Crippen molar-refractivity contribution in [1.82, 2.24) is 19.2 Å². The number of Topliss-reactive ketones (excluding diaryl/α,β-unsaturated/α-hetero) is 1. The highest BCUT2D eigenvalue weighted by Gasteiger charge is 2.71. The average molecular weight is 850 g/mol. The predicted octanol–water partition coefficient (Wildman–Crippen LogP) is 8.90. The molecule has 11 nitrogen and oxygen atoms in total. The number of ether oxygens (including phenoxy) is 2. The topological polar surface area (TPSA) is 133 Å². The van der Waals surface area contributed by atoms with Crippen LogP contribution in [0.5, 0.6) is 5.88 Å². The molecule has 5 aliphatic carbocycles. The lowest BCUT2D eigenvalue weighted by molar-refractivity contribution is -0.232. The van der Waals surface area contributed by atoms with Gasteiger partial charge in [0.05, 0.1) is 43.1 Å². The third-order valence-corrected chi connectivity index (χ3v) is 17.6. The fourth-order valence-electron chi connectivity index (χ4n) is 14.1. The van der Waals surface area contributed by atoms with E-state index in [1.807, 2.05) is 20.2 Å². The van der Waals surface area contributed by atoms with Crippen molar-refractivity contribution in [2.24, 2.45) is 50.7 Å². The average Bonchev–Trinajstić information content (AvgIpc) is 3.61. The van der Waals surface area contributed by atoms with Gasteiger partial charge in [0.2, 0.25) is 5.88 Å². The van der Waals surface area contributed by atoms with Crippen molar-refractivity contribution in [3.05, 3.63) is 50.5 Å². The molecule has 1 N–H and O–H groups in total. The van der Waals surface area contributed by atoms with E-state index in [2.05, 4.69) is 63.0 Å². The molecule has 2 aromatic heterocycles. The summed E-state index contributed by atoms with van der Waals surface area (Å²) in [5.41, 5.74) is 0.878. The molecule has 2 heterocycles. The fourth-order valence-corrected chi connectivity index (χ4v) is 14.4. The summed E-state index contributed by atoms with van der Waals surface area (Å²) >= 11 is 7.37. The third-order valence-electron chi connectivity index (χ3n) is 17.3. The number of nitrogens with zero attached hydrogens (tertiary/aromatic N) is 4. The first kappa shape index (κ1) is 44.6. The molecule has 7 rings (SSSR count). The van der Waals surface area contributed by atoms with Gasteiger partial charge in [-0.3, -0.25) is 23.9 Å². The number of pyridine rings is 1. The standard InChI is InChI=1S/C48H69ClN4O7/c1-28(2)37-31(54)25-48(40-39(49)41(56)53(52(40)24-23-51(10)11)29-13-16-35(59-12)50-27-29)22-21-46(8)30(38(37)48)14-15-33-45(7)19-18-34(60-36(55)26-43(3,4)42(57)58)44(5,6)32(45)17-20-47(33,46)9/h13,16,27-28,30,32-34H,14-15,17-26H2,1-12H3,(H,57,58)/t30?,32?,33?,34?,45?,46-,47?,48?/m1/s1. The van der Waals surface area contributed by atoms with Gasteiger partial charge in [0.1, 0.15) is 11.1 Å². The highest BCUT2D eigenvalue weighted by molar-refractivity contribution is 6.31. The normalized spacial score (nSPS) is 33.6. The Bertz CT molecular complexity index is 2150. The number of allylic oxidation sites excluding steroid dienone is 2. The molecule has 2 aromatic rings. The molecule has 4 saturated carbocycles. The number of carbonyl (C=O) groups is 3. The summed E-state index contributed by atoms with van der Waals surface area (Å²) in [7, 11) is 5.60. The Morgan fingerprint density at radius 1 is 0.983 bits per heavy atom. The van der Waals surface area contributed by atoms with E-state index in [9.17, 15) is 24.3 Å². The van der Waals surface area contributed by atoms with Gasteiger partial charge in [-0.2, -0.15) is 0 Å². The van der Waals surface area contributed by atoms with E-state index in [1.165, 1.54) is 5.57 Å². The van der Waals surface area contributed by atoms with Gasteiger partial charge in [-0.05, 0) is 136 Å². The molecular weight excluding hydrogens is 780 g/mol. The minimum atomic E-state index is -1.19. The van der Waals surface area contributed by atoms with Crippen LogP contribution in [0.4, 0.5) is 0 Å². The van der Waals surface area contributed by atoms with Gasteiger partial charge >= 0.3 is 11.9 Å². The number of esters is 1. The lowest BCUT2D eigenvalue weighted by Gasteiger charge is -2.72. The van der Waals surface area contributed by atoms with Crippen LogP contribution in [0.2, 0.25) is 5.02 Å². The zero-order valence-electron chi connectivity index (χ0n) is 38.2. The van der Waals surface area contributed by atoms with Gasteiger partial charge < -0.3 is 19.5 Å². The molecule has 0 spiro atoms. The fraction of sp³-hybridized carbons (Fsp3) is 0.729. The Hall–Kier alpha value is -3.44. The monoisotopic (exact) mass is 848 g/mol. The van der Waals surface area contributed by atoms with E-state index in [1.54, 1.807) is 37.9 Å². The minimum absolute atomic E-state index is 0.00258. The Balaban J connectivity index is 1.29. The van der Waals surface area contributed by atoms with Crippen molar-refractivity contribution in [2.45, 2.75) is 145 Å². The van der Waals surface area contributed by atoms with Crippen molar-refractivity contribution in [3.8, 4) is 11.6 Å². The third kappa shape index (κ3) is 6.55. The number of aromatic nitrogens is 3. The largest absolute Gasteiger partial charge is 0.481 e. The maximum Gasteiger partial charge on any atom is 0.309 e. The van der Waals surface area contributed by atoms with Crippen LogP contribution < -0.4 is 10.3 Å². The smallest absolute Gasteiger partial charge is 0.309 e. The number of ketones is 1. The highest BCUT2D eigenvalue weighted by Crippen LogP contribution is 2.77. The van der Waals surface area contributed by atoms with Gasteiger partial charge in [0.25, 0.3) is 5.56 Å². The van der Waals surface area contributed by atoms with E-state index in [0.717, 1.165) is 62.6 Å². The number of hydrogen-bond acceptors (Lipinski definition) is 8. The second-order valence-corrected chi connectivity index (χ2v) is 22.1. The van der Waals surface area contributed by atoms with Crippen LogP contribution in [0.25, 0.3) is 5.69 Å². The quantitative estimate of drug-likeness (QED) is 0.220. The number of fused-ring (bicyclic) bond motifs is 7. The number of aliphatic carboxylic acids is 1. The van der Waals surface area contributed by atoms with E-state index in [-0.39, 0.29) is 62.4 Å². The zero-order valence-corrected chi connectivity index (χ0v) is 38.9. The van der Waals surface area contributed by atoms with Crippen LogP contribution in [0, 0.1) is 50.7 Å². The summed E-state index contributed by atoms with van der Waals surface area (Å²) in [6.07, 6.45) is 8.84. The molecule has 330 valence electrons. The van der Waals surface area contributed by atoms with Crippen molar-refractivity contribution in [1.29, 1.82) is 0 Å². The summed E-state index contributed by atoms with van der Waals surface area (Å²) in [4.78, 5) is 60.8. The first-order valence-corrected chi connectivity index (χ1v) is 22.7. The lowest BCUT2D eigenvalue weighted by Crippen LogP contribution is -2.66. The number of carboxylic acids is 1. The SMILES string of the molecule is COc1ccc(-n2c(=O)c(Cl)c(C34CC[C@]5(C)C(CCC6C7(C)CCC(OC(=O)CC(C)(C)C(=O)O)C(C)(C)C7CCC65C)C3=C(C(C)C)C(=O)C4)n2CCN(C)C)cn1. The van der Waals surface area contributed by atoms with E-state index < -0.39 is 22.8 Å². The molecule has 8 atom stereocenters. The summed E-state index contributed by atoms with van der Waals surface area (Å²) in [6, 6.07) is 3.59. The van der Waals surface area contributed by atoms with Gasteiger partial charge in [0.15, 0.2) is 5.78 Å². The molecule has 0 aromatic carbocycles. The van der Waals surface area contributed by atoms with Crippen LogP contribution in [-0.2, 0) is 31.1 Å². The molecule has 0 saturated heterocycles. The van der Waals surface area contributed by atoms with E-state index >= 15 is 0 Å². The molecule has 0 amide bonds. The second-order valence-electron chi connectivity index (χ2n) is 21.7. The number of methoxy groups -OCH3 is 1. The predicted molar refractivity (Wildman–Crippen MR) is 233 cm³/mol. The molecule has 60 heavy (non-hydrogen) atoms. The van der Waals surface area contributed by atoms with Crippen LogP contribution in [0.15, 0.2) is 34.3 Å². The van der Waals surface area contributed by atoms with Crippen molar-refractivity contribution >= 4 is 29.3 Å². The zero-order chi connectivity index (χ0) is 44.1. The van der Waals surface area contributed by atoms with Gasteiger partial charge in [-0.1, -0.05) is 60.1 Å². The molecular formula is C48H69ClN4O7. The summed E-state index contributed by atoms with van der Waals surface area (Å²) in [5, 5.41) is 9.86. The first-order chi connectivity index (χ1) is 27.9. The number of carbonyl (C=O) groups excluding carboxylic acids is 2. The number of hydrogen-bond donors (Lipinski definition) is 1. The number of carboxylic acid groups (broad SMARTS) is 1. The van der Waals surface area contributed by atoms with Gasteiger partial charge in [0, 0.05) is 29.9 Å². The number of rotatable bonds is 11. The van der Waals surface area contributed by atoms with E-state index in [4.69, 9.17) is 21.1 Å². The van der Waals surface area contributed by atoms with E-state index in [0.29, 0.717) is 42.9 Å². The molecule has 0 bridgehead atoms. The van der Waals surface area contributed by atoms with Crippen LogP contribution in [0.3, 0.4) is 0 Å². The maximum absolute atomic E-state index is 14.7. The maximum atomic E-state index is 14.7. The highest BCUT2D eigenvalue weighted by atomic mass is 35.5. The second kappa shape index (κ2) is 15.1. The van der Waals surface area contributed by atoms with Crippen molar-refractivity contribution in [2.75, 3.05) is 27.7 Å². The summed E-state index contributed by atoms with van der Waals surface area (Å²) in [5.74, 6) is 0.0812. The molecule has 12 heteroatoms. The van der Waals surface area contributed by atoms with Gasteiger partial charge in [-0.25, -0.2) is 9.67 Å². The molecule has 0 radical (unpaired) electrons. The number of likely N-dealkylation sites (N-methyl/N-ethyl adjacent to an activating group) is 1. The summed E-state index contributed by atoms with van der Waals surface area (Å²) in [6.45, 7) is 20.7. The molecule has 5 aliphatic rings.